The molecule has 0 amide bonds. The maximum atomic E-state index is 5.71. The predicted octanol–water partition coefficient (Wildman–Crippen LogP) is 5.13. The molecule has 1 saturated heterocycles. The van der Waals surface area contributed by atoms with Gasteiger partial charge in [-0.3, -0.25) is 0 Å². The molecule has 0 N–H and O–H groups in total. The van der Waals surface area contributed by atoms with Crippen molar-refractivity contribution in [1.82, 2.24) is 0 Å². The molecule has 1 aliphatic heterocycles. The number of thiophene rings is 1. The van der Waals surface area contributed by atoms with Crippen LogP contribution in [0.5, 0.6) is 0 Å². The molecule has 1 aromatic heterocycles. The second-order valence-electron chi connectivity index (χ2n) is 5.36. The van der Waals surface area contributed by atoms with Gasteiger partial charge in [-0.2, -0.15) is 0 Å². The Labute approximate surface area is 140 Å². The van der Waals surface area contributed by atoms with E-state index in [0.717, 1.165) is 50.2 Å². The van der Waals surface area contributed by atoms with Crippen LogP contribution in [-0.4, -0.2) is 26.1 Å². The van der Waals surface area contributed by atoms with Crippen LogP contribution in [0.3, 0.4) is 0 Å². The molecule has 1 atom stereocenters. The smallest absolute Gasteiger partial charge is 0.157 e. The van der Waals surface area contributed by atoms with Crippen molar-refractivity contribution in [3.63, 3.8) is 0 Å². The van der Waals surface area contributed by atoms with Gasteiger partial charge in [-0.25, -0.2) is 0 Å². The lowest BCUT2D eigenvalue weighted by atomic mass is 10.2. The van der Waals surface area contributed by atoms with Gasteiger partial charge in [0.25, 0.3) is 0 Å². The monoisotopic (exact) mass is 376 g/mol. The molecular formula is C16H25BrO3S. The Hall–Kier alpha value is 0.0600. The quantitative estimate of drug-likeness (QED) is 0.529. The lowest BCUT2D eigenvalue weighted by molar-refractivity contribution is -0.162. The van der Waals surface area contributed by atoms with Crippen molar-refractivity contribution >= 4 is 27.3 Å². The van der Waals surface area contributed by atoms with Crippen LogP contribution in [0.4, 0.5) is 0 Å². The third-order valence-corrected chi connectivity index (χ3v) is 5.16. The van der Waals surface area contributed by atoms with Crippen molar-refractivity contribution in [2.24, 2.45) is 0 Å². The molecule has 0 radical (unpaired) electrons. The van der Waals surface area contributed by atoms with Crippen LogP contribution >= 0.6 is 27.3 Å². The Bertz CT molecular complexity index is 377. The van der Waals surface area contributed by atoms with Crippen LogP contribution in [0.1, 0.15) is 49.8 Å². The molecule has 0 bridgehead atoms. The van der Waals surface area contributed by atoms with Gasteiger partial charge in [-0.05, 0) is 54.1 Å². The van der Waals surface area contributed by atoms with E-state index in [1.54, 1.807) is 11.3 Å². The topological polar surface area (TPSA) is 27.7 Å². The highest BCUT2D eigenvalue weighted by Crippen LogP contribution is 2.20. The fraction of sp³-hybridized carbons (Fsp3) is 0.750. The summed E-state index contributed by atoms with van der Waals surface area (Å²) in [5.41, 5.74) is 0. The molecule has 0 aromatic carbocycles. The molecule has 0 spiro atoms. The van der Waals surface area contributed by atoms with E-state index in [4.69, 9.17) is 14.2 Å². The highest BCUT2D eigenvalue weighted by molar-refractivity contribution is 9.10. The number of halogens is 1. The summed E-state index contributed by atoms with van der Waals surface area (Å²) in [4.78, 5) is 1.28. The van der Waals surface area contributed by atoms with Crippen LogP contribution in [0.2, 0.25) is 0 Å². The van der Waals surface area contributed by atoms with E-state index in [9.17, 15) is 0 Å². The third kappa shape index (κ3) is 7.75. The van der Waals surface area contributed by atoms with Crippen molar-refractivity contribution in [2.75, 3.05) is 19.8 Å². The van der Waals surface area contributed by atoms with E-state index in [2.05, 4.69) is 27.4 Å². The Morgan fingerprint density at radius 1 is 1.19 bits per heavy atom. The van der Waals surface area contributed by atoms with Gasteiger partial charge in [0.05, 0.1) is 6.61 Å². The maximum absolute atomic E-state index is 5.71. The van der Waals surface area contributed by atoms with E-state index < -0.39 is 0 Å². The molecule has 0 saturated carbocycles. The summed E-state index contributed by atoms with van der Waals surface area (Å²) in [6.07, 6.45) is 8.22. The van der Waals surface area contributed by atoms with E-state index >= 15 is 0 Å². The molecule has 1 fully saturated rings. The molecule has 3 nitrogen and oxygen atoms in total. The number of ether oxygens (including phenoxy) is 3. The van der Waals surface area contributed by atoms with Crippen LogP contribution in [0.15, 0.2) is 15.9 Å². The highest BCUT2D eigenvalue weighted by Gasteiger charge is 2.13. The predicted molar refractivity (Wildman–Crippen MR) is 89.7 cm³/mol. The van der Waals surface area contributed by atoms with E-state index in [0.29, 0.717) is 0 Å². The first-order chi connectivity index (χ1) is 10.3. The minimum atomic E-state index is 0.0622. The van der Waals surface area contributed by atoms with Crippen LogP contribution in [0.25, 0.3) is 0 Å². The summed E-state index contributed by atoms with van der Waals surface area (Å²) in [6.45, 7) is 3.28. The average Bonchev–Trinajstić information content (AvgIpc) is 2.92. The second kappa shape index (κ2) is 10.7. The molecule has 120 valence electrons. The number of hydrogen-bond donors (Lipinski definition) is 0. The van der Waals surface area contributed by atoms with Gasteiger partial charge in [-0.1, -0.05) is 12.8 Å². The van der Waals surface area contributed by atoms with Gasteiger partial charge >= 0.3 is 0 Å². The van der Waals surface area contributed by atoms with Crippen molar-refractivity contribution in [2.45, 2.75) is 57.8 Å². The summed E-state index contributed by atoms with van der Waals surface area (Å²) in [6, 6.07) is 2.12. The summed E-state index contributed by atoms with van der Waals surface area (Å²) < 4.78 is 18.1. The van der Waals surface area contributed by atoms with Crippen molar-refractivity contribution in [3.05, 3.63) is 20.8 Å². The minimum Gasteiger partial charge on any atom is -0.376 e. The molecular weight excluding hydrogens is 352 g/mol. The first-order valence-electron chi connectivity index (χ1n) is 7.88. The first-order valence-corrected chi connectivity index (χ1v) is 9.56. The van der Waals surface area contributed by atoms with E-state index in [1.165, 1.54) is 30.6 Å². The molecule has 2 heterocycles. The highest BCUT2D eigenvalue weighted by atomic mass is 79.9. The van der Waals surface area contributed by atoms with Gasteiger partial charge in [0.2, 0.25) is 0 Å². The second-order valence-corrected chi connectivity index (χ2v) is 7.28. The third-order valence-electron chi connectivity index (χ3n) is 3.49. The molecule has 2 rings (SSSR count). The number of hydrogen-bond acceptors (Lipinski definition) is 4. The lowest BCUT2D eigenvalue weighted by Gasteiger charge is -2.22. The Morgan fingerprint density at radius 3 is 2.76 bits per heavy atom. The molecule has 1 unspecified atom stereocenters. The number of rotatable bonds is 10. The molecule has 21 heavy (non-hydrogen) atoms. The standard InChI is InChI=1S/C16H25BrO3S/c17-14-11-15(21-13-14)12-18-8-4-1-2-5-9-19-16-7-3-6-10-20-16/h11,13,16H,1-10,12H2. The Morgan fingerprint density at radius 2 is 2.05 bits per heavy atom. The van der Waals surface area contributed by atoms with Crippen LogP contribution < -0.4 is 0 Å². The van der Waals surface area contributed by atoms with Crippen molar-refractivity contribution in [1.29, 1.82) is 0 Å². The molecule has 5 heteroatoms. The molecule has 1 aliphatic rings. The summed E-state index contributed by atoms with van der Waals surface area (Å²) in [7, 11) is 0. The van der Waals surface area contributed by atoms with Gasteiger partial charge in [0.15, 0.2) is 6.29 Å². The van der Waals surface area contributed by atoms with E-state index in [1.807, 2.05) is 0 Å². The summed E-state index contributed by atoms with van der Waals surface area (Å²) in [5.74, 6) is 0. The number of unbranched alkanes of at least 4 members (excludes halogenated alkanes) is 3. The van der Waals surface area contributed by atoms with Gasteiger partial charge in [0.1, 0.15) is 0 Å². The first kappa shape index (κ1) is 17.4. The lowest BCUT2D eigenvalue weighted by Crippen LogP contribution is -2.22. The van der Waals surface area contributed by atoms with Crippen molar-refractivity contribution < 1.29 is 14.2 Å². The fourth-order valence-electron chi connectivity index (χ4n) is 2.32. The average molecular weight is 377 g/mol. The fourth-order valence-corrected chi connectivity index (χ4v) is 3.71. The minimum absolute atomic E-state index is 0.0622. The van der Waals surface area contributed by atoms with Gasteiger partial charge in [0, 0.05) is 34.6 Å². The zero-order valence-electron chi connectivity index (χ0n) is 12.5. The normalized spacial score (nSPS) is 19.0. The van der Waals surface area contributed by atoms with Crippen molar-refractivity contribution in [3.8, 4) is 0 Å². The summed E-state index contributed by atoms with van der Waals surface area (Å²) >= 11 is 5.19. The van der Waals surface area contributed by atoms with Crippen LogP contribution in [0, 0.1) is 0 Å². The van der Waals surface area contributed by atoms with Crippen LogP contribution in [-0.2, 0) is 20.8 Å². The zero-order valence-corrected chi connectivity index (χ0v) is 14.9. The molecule has 0 aliphatic carbocycles. The SMILES string of the molecule is Brc1csc(COCCCCCCOC2CCCCO2)c1. The van der Waals surface area contributed by atoms with E-state index in [-0.39, 0.29) is 6.29 Å². The maximum Gasteiger partial charge on any atom is 0.157 e. The van der Waals surface area contributed by atoms with Gasteiger partial charge < -0.3 is 14.2 Å². The van der Waals surface area contributed by atoms with Gasteiger partial charge in [-0.15, -0.1) is 11.3 Å². The molecule has 1 aromatic rings. The Kier molecular flexibility index (Phi) is 8.90. The largest absolute Gasteiger partial charge is 0.376 e. The summed E-state index contributed by atoms with van der Waals surface area (Å²) in [5, 5.41) is 2.09. The Balaban J connectivity index is 1.35. The zero-order chi connectivity index (χ0) is 14.8.